The zero-order valence-electron chi connectivity index (χ0n) is 11.9. The van der Waals surface area contributed by atoms with Crippen LogP contribution in [-0.4, -0.2) is 12.5 Å². The van der Waals surface area contributed by atoms with E-state index >= 15 is 0 Å². The molecule has 3 heteroatoms. The van der Waals surface area contributed by atoms with Gasteiger partial charge in [0.2, 0.25) is 5.91 Å². The van der Waals surface area contributed by atoms with Crippen molar-refractivity contribution >= 4 is 11.6 Å². The second kappa shape index (κ2) is 6.35. The number of para-hydroxylation sites is 1. The molecule has 2 N–H and O–H groups in total. The number of rotatable bonds is 4. The number of carbonyl (C=O) groups is 1. The summed E-state index contributed by atoms with van der Waals surface area (Å²) in [6.07, 6.45) is 0. The van der Waals surface area contributed by atoms with Crippen LogP contribution in [0, 0.1) is 6.92 Å². The highest BCUT2D eigenvalue weighted by atomic mass is 16.2. The lowest BCUT2D eigenvalue weighted by molar-refractivity contribution is -0.119. The van der Waals surface area contributed by atoms with Crippen molar-refractivity contribution in [1.29, 1.82) is 0 Å². The minimum Gasteiger partial charge on any atom is -0.316 e. The van der Waals surface area contributed by atoms with Crippen molar-refractivity contribution in [3.05, 3.63) is 65.7 Å². The van der Waals surface area contributed by atoms with E-state index in [-0.39, 0.29) is 5.91 Å². The normalized spacial score (nSPS) is 11.9. The lowest BCUT2D eigenvalue weighted by Gasteiger charge is -2.26. The zero-order chi connectivity index (χ0) is 14.5. The number of benzene rings is 2. The quantitative estimate of drug-likeness (QED) is 0.926. The Kier molecular flexibility index (Phi) is 4.53. The monoisotopic (exact) mass is 268 g/mol. The first-order chi connectivity index (χ1) is 9.65. The Morgan fingerprint density at radius 2 is 1.70 bits per heavy atom. The second-order valence-corrected chi connectivity index (χ2v) is 4.76. The lowest BCUT2D eigenvalue weighted by Crippen LogP contribution is -2.38. The number of hydrogen-bond donors (Lipinski definition) is 1. The number of anilines is 1. The van der Waals surface area contributed by atoms with Crippen LogP contribution in [0.2, 0.25) is 0 Å². The van der Waals surface area contributed by atoms with Crippen molar-refractivity contribution in [3.8, 4) is 0 Å². The minimum atomic E-state index is -0.629. The third-order valence-corrected chi connectivity index (χ3v) is 3.41. The Morgan fingerprint density at radius 3 is 2.30 bits per heavy atom. The van der Waals surface area contributed by atoms with E-state index in [4.69, 9.17) is 5.73 Å². The summed E-state index contributed by atoms with van der Waals surface area (Å²) in [6, 6.07) is 16.7. The smallest absolute Gasteiger partial charge is 0.248 e. The lowest BCUT2D eigenvalue weighted by atomic mass is 10.1. The Hall–Kier alpha value is -2.13. The summed E-state index contributed by atoms with van der Waals surface area (Å²) in [5.74, 6) is -0.0759. The molecule has 0 fully saturated rings. The van der Waals surface area contributed by atoms with Gasteiger partial charge >= 0.3 is 0 Å². The van der Waals surface area contributed by atoms with Crippen LogP contribution in [0.1, 0.15) is 24.1 Å². The third kappa shape index (κ3) is 2.89. The van der Waals surface area contributed by atoms with Gasteiger partial charge < -0.3 is 10.6 Å². The summed E-state index contributed by atoms with van der Waals surface area (Å²) in [6.45, 7) is 4.56. The van der Waals surface area contributed by atoms with Gasteiger partial charge in [0.15, 0.2) is 0 Å². The van der Waals surface area contributed by atoms with E-state index in [9.17, 15) is 4.79 Å². The molecule has 0 heterocycles. The SMILES string of the molecule is CCN(C(=O)[C@H](N)c1ccccc1)c1ccccc1C. The predicted molar refractivity (Wildman–Crippen MR) is 82.6 cm³/mol. The number of carbonyl (C=O) groups excluding carboxylic acids is 1. The fraction of sp³-hybridized carbons (Fsp3) is 0.235. The summed E-state index contributed by atoms with van der Waals surface area (Å²) in [5, 5.41) is 0. The molecule has 0 unspecified atom stereocenters. The number of nitrogens with two attached hydrogens (primary N) is 1. The minimum absolute atomic E-state index is 0.0759. The molecule has 2 aromatic rings. The summed E-state index contributed by atoms with van der Waals surface area (Å²) >= 11 is 0. The first kappa shape index (κ1) is 14.3. The summed E-state index contributed by atoms with van der Waals surface area (Å²) in [7, 11) is 0. The number of aryl methyl sites for hydroxylation is 1. The molecule has 2 aromatic carbocycles. The molecule has 0 aliphatic heterocycles. The van der Waals surface area contributed by atoms with Crippen LogP contribution in [0.25, 0.3) is 0 Å². The van der Waals surface area contributed by atoms with Gasteiger partial charge in [-0.15, -0.1) is 0 Å². The summed E-state index contributed by atoms with van der Waals surface area (Å²) < 4.78 is 0. The molecule has 104 valence electrons. The van der Waals surface area contributed by atoms with E-state index in [1.165, 1.54) is 0 Å². The average molecular weight is 268 g/mol. The highest BCUT2D eigenvalue weighted by Crippen LogP contribution is 2.22. The van der Waals surface area contributed by atoms with Crippen molar-refractivity contribution in [2.24, 2.45) is 5.73 Å². The van der Waals surface area contributed by atoms with Gasteiger partial charge in [0.05, 0.1) is 0 Å². The van der Waals surface area contributed by atoms with Crippen molar-refractivity contribution in [2.45, 2.75) is 19.9 Å². The van der Waals surface area contributed by atoms with E-state index in [0.29, 0.717) is 6.54 Å². The Morgan fingerprint density at radius 1 is 1.10 bits per heavy atom. The molecule has 0 aliphatic carbocycles. The molecule has 0 aliphatic rings. The van der Waals surface area contributed by atoms with Crippen LogP contribution in [0.3, 0.4) is 0 Å². The maximum Gasteiger partial charge on any atom is 0.248 e. The fourth-order valence-corrected chi connectivity index (χ4v) is 2.28. The Bertz CT molecular complexity index is 581. The summed E-state index contributed by atoms with van der Waals surface area (Å²) in [4.78, 5) is 14.4. The highest BCUT2D eigenvalue weighted by Gasteiger charge is 2.23. The molecule has 2 rings (SSSR count). The number of hydrogen-bond acceptors (Lipinski definition) is 2. The topological polar surface area (TPSA) is 46.3 Å². The molecule has 0 bridgehead atoms. The molecule has 0 radical (unpaired) electrons. The number of amides is 1. The van der Waals surface area contributed by atoms with Gasteiger partial charge in [-0.2, -0.15) is 0 Å². The molecule has 0 aromatic heterocycles. The molecule has 0 saturated carbocycles. The van der Waals surface area contributed by atoms with E-state index in [1.807, 2.05) is 68.4 Å². The molecule has 1 amide bonds. The van der Waals surface area contributed by atoms with Crippen molar-refractivity contribution in [1.82, 2.24) is 0 Å². The Labute approximate surface area is 120 Å². The summed E-state index contributed by atoms with van der Waals surface area (Å²) in [5.41, 5.74) is 8.94. The van der Waals surface area contributed by atoms with Crippen LogP contribution in [0.5, 0.6) is 0 Å². The van der Waals surface area contributed by atoms with E-state index in [1.54, 1.807) is 4.90 Å². The molecule has 20 heavy (non-hydrogen) atoms. The maximum absolute atomic E-state index is 12.6. The molecular weight excluding hydrogens is 248 g/mol. The second-order valence-electron chi connectivity index (χ2n) is 4.76. The van der Waals surface area contributed by atoms with Crippen molar-refractivity contribution in [3.63, 3.8) is 0 Å². The van der Waals surface area contributed by atoms with Crippen LogP contribution in [-0.2, 0) is 4.79 Å². The molecule has 0 saturated heterocycles. The largest absolute Gasteiger partial charge is 0.316 e. The first-order valence-electron chi connectivity index (χ1n) is 6.82. The number of likely N-dealkylation sites (N-methyl/N-ethyl adjacent to an activating group) is 1. The maximum atomic E-state index is 12.6. The highest BCUT2D eigenvalue weighted by molar-refractivity contribution is 5.98. The van der Waals surface area contributed by atoms with Crippen molar-refractivity contribution in [2.75, 3.05) is 11.4 Å². The van der Waals surface area contributed by atoms with Crippen LogP contribution >= 0.6 is 0 Å². The Balaban J connectivity index is 2.29. The molecule has 1 atom stereocenters. The van der Waals surface area contributed by atoms with Crippen molar-refractivity contribution < 1.29 is 4.79 Å². The van der Waals surface area contributed by atoms with Gasteiger partial charge in [0, 0.05) is 12.2 Å². The van der Waals surface area contributed by atoms with E-state index < -0.39 is 6.04 Å². The van der Waals surface area contributed by atoms with Crippen LogP contribution in [0.15, 0.2) is 54.6 Å². The predicted octanol–water partition coefficient (Wildman–Crippen LogP) is 3.05. The zero-order valence-corrected chi connectivity index (χ0v) is 11.9. The fourth-order valence-electron chi connectivity index (χ4n) is 2.28. The van der Waals surface area contributed by atoms with Crippen LogP contribution < -0.4 is 10.6 Å². The van der Waals surface area contributed by atoms with Crippen LogP contribution in [0.4, 0.5) is 5.69 Å². The van der Waals surface area contributed by atoms with Gasteiger partial charge in [0.25, 0.3) is 0 Å². The molecular formula is C17H20N2O. The van der Waals surface area contributed by atoms with Gasteiger partial charge in [0.1, 0.15) is 6.04 Å². The van der Waals surface area contributed by atoms with Gasteiger partial charge in [-0.25, -0.2) is 0 Å². The standard InChI is InChI=1S/C17H20N2O/c1-3-19(15-12-8-7-9-13(15)2)17(20)16(18)14-10-5-4-6-11-14/h4-12,16H,3,18H2,1-2H3/t16-/m1/s1. The number of nitrogens with zero attached hydrogens (tertiary/aromatic N) is 1. The van der Waals surface area contributed by atoms with Gasteiger partial charge in [-0.05, 0) is 31.0 Å². The first-order valence-corrected chi connectivity index (χ1v) is 6.82. The molecule has 0 spiro atoms. The average Bonchev–Trinajstić information content (AvgIpc) is 2.50. The van der Waals surface area contributed by atoms with E-state index in [0.717, 1.165) is 16.8 Å². The third-order valence-electron chi connectivity index (χ3n) is 3.41. The van der Waals surface area contributed by atoms with Gasteiger partial charge in [-0.1, -0.05) is 48.5 Å². The van der Waals surface area contributed by atoms with Gasteiger partial charge in [-0.3, -0.25) is 4.79 Å². The molecule has 3 nitrogen and oxygen atoms in total. The van der Waals surface area contributed by atoms with E-state index in [2.05, 4.69) is 0 Å².